The molecule has 18 heavy (non-hydrogen) atoms. The van der Waals surface area contributed by atoms with Crippen molar-refractivity contribution < 1.29 is 9.84 Å². The molecule has 2 N–H and O–H groups in total. The standard InChI is InChI=1S/C15H23NO2/c1-10-4-5-15(18-3)13(6-10)14(17)9-16-8-12-7-11(12)2/h4-6,11-12,14,16-17H,7-9H2,1-3H3. The number of rotatable bonds is 6. The number of ether oxygens (including phenoxy) is 1. The second-order valence-corrected chi connectivity index (χ2v) is 5.39. The van der Waals surface area contributed by atoms with Crippen molar-refractivity contribution in [2.75, 3.05) is 20.2 Å². The van der Waals surface area contributed by atoms with Crippen LogP contribution in [0.5, 0.6) is 5.75 Å². The molecule has 0 saturated heterocycles. The molecule has 3 heteroatoms. The van der Waals surface area contributed by atoms with Crippen molar-refractivity contribution in [3.05, 3.63) is 29.3 Å². The highest BCUT2D eigenvalue weighted by molar-refractivity contribution is 5.38. The summed E-state index contributed by atoms with van der Waals surface area (Å²) in [5, 5.41) is 13.6. The van der Waals surface area contributed by atoms with Crippen LogP contribution in [0.2, 0.25) is 0 Å². The molecule has 0 heterocycles. The molecule has 1 aliphatic carbocycles. The molecule has 3 nitrogen and oxygen atoms in total. The zero-order valence-electron chi connectivity index (χ0n) is 11.4. The molecule has 0 aromatic heterocycles. The first-order valence-corrected chi connectivity index (χ1v) is 6.65. The summed E-state index contributed by atoms with van der Waals surface area (Å²) in [6, 6.07) is 5.90. The summed E-state index contributed by atoms with van der Waals surface area (Å²) in [5.74, 6) is 2.41. The van der Waals surface area contributed by atoms with Gasteiger partial charge in [0.25, 0.3) is 0 Å². The maximum Gasteiger partial charge on any atom is 0.124 e. The Hall–Kier alpha value is -1.06. The highest BCUT2D eigenvalue weighted by Crippen LogP contribution is 2.36. The fraction of sp³-hybridized carbons (Fsp3) is 0.600. The minimum Gasteiger partial charge on any atom is -0.496 e. The second kappa shape index (κ2) is 5.72. The number of aliphatic hydroxyl groups excluding tert-OH is 1. The summed E-state index contributed by atoms with van der Waals surface area (Å²) in [4.78, 5) is 0. The van der Waals surface area contributed by atoms with Gasteiger partial charge in [-0.05, 0) is 43.9 Å². The summed E-state index contributed by atoms with van der Waals surface area (Å²) >= 11 is 0. The van der Waals surface area contributed by atoms with Gasteiger partial charge in [0.1, 0.15) is 5.75 Å². The number of benzene rings is 1. The van der Waals surface area contributed by atoms with E-state index in [1.165, 1.54) is 6.42 Å². The highest BCUT2D eigenvalue weighted by Gasteiger charge is 2.31. The van der Waals surface area contributed by atoms with Crippen LogP contribution in [0.4, 0.5) is 0 Å². The monoisotopic (exact) mass is 249 g/mol. The molecule has 0 amide bonds. The van der Waals surface area contributed by atoms with Crippen LogP contribution in [0.1, 0.15) is 30.6 Å². The topological polar surface area (TPSA) is 41.5 Å². The van der Waals surface area contributed by atoms with Crippen molar-refractivity contribution >= 4 is 0 Å². The van der Waals surface area contributed by atoms with Gasteiger partial charge in [-0.25, -0.2) is 0 Å². The molecule has 0 radical (unpaired) electrons. The van der Waals surface area contributed by atoms with Crippen molar-refractivity contribution in [1.82, 2.24) is 5.32 Å². The first-order valence-electron chi connectivity index (χ1n) is 6.65. The molecule has 100 valence electrons. The number of methoxy groups -OCH3 is 1. The lowest BCUT2D eigenvalue weighted by molar-refractivity contribution is 0.170. The fourth-order valence-corrected chi connectivity index (χ4v) is 2.31. The van der Waals surface area contributed by atoms with Gasteiger partial charge in [-0.3, -0.25) is 0 Å². The summed E-state index contributed by atoms with van der Waals surface area (Å²) in [7, 11) is 1.64. The lowest BCUT2D eigenvalue weighted by Crippen LogP contribution is -2.24. The Balaban J connectivity index is 1.90. The van der Waals surface area contributed by atoms with Crippen LogP contribution < -0.4 is 10.1 Å². The van der Waals surface area contributed by atoms with E-state index in [2.05, 4.69) is 12.2 Å². The molecule has 0 bridgehead atoms. The third-order valence-electron chi connectivity index (χ3n) is 3.76. The molecule has 1 saturated carbocycles. The van der Waals surface area contributed by atoms with Gasteiger partial charge in [-0.2, -0.15) is 0 Å². The largest absolute Gasteiger partial charge is 0.496 e. The summed E-state index contributed by atoms with van der Waals surface area (Å²) in [6.45, 7) is 5.89. The van der Waals surface area contributed by atoms with Crippen LogP contribution in [-0.2, 0) is 0 Å². The number of nitrogens with one attached hydrogen (secondary N) is 1. The van der Waals surface area contributed by atoms with E-state index in [-0.39, 0.29) is 0 Å². The molecule has 0 spiro atoms. The Kier molecular flexibility index (Phi) is 4.25. The Bertz CT molecular complexity index is 405. The molecular weight excluding hydrogens is 226 g/mol. The molecule has 0 aliphatic heterocycles. The molecule has 3 atom stereocenters. The van der Waals surface area contributed by atoms with Crippen LogP contribution >= 0.6 is 0 Å². The van der Waals surface area contributed by atoms with Gasteiger partial charge in [0.05, 0.1) is 13.2 Å². The van der Waals surface area contributed by atoms with E-state index in [9.17, 15) is 5.11 Å². The third-order valence-corrected chi connectivity index (χ3v) is 3.76. The normalized spacial score (nSPS) is 23.8. The van der Waals surface area contributed by atoms with Gasteiger partial charge in [-0.15, -0.1) is 0 Å². The molecule has 1 aromatic carbocycles. The Morgan fingerprint density at radius 1 is 1.50 bits per heavy atom. The maximum atomic E-state index is 10.2. The van der Waals surface area contributed by atoms with Crippen LogP contribution in [-0.4, -0.2) is 25.3 Å². The molecule has 1 fully saturated rings. The number of hydrogen-bond donors (Lipinski definition) is 2. The first kappa shape index (κ1) is 13.4. The van der Waals surface area contributed by atoms with E-state index in [0.717, 1.165) is 35.3 Å². The lowest BCUT2D eigenvalue weighted by Gasteiger charge is -2.16. The van der Waals surface area contributed by atoms with E-state index in [1.807, 2.05) is 25.1 Å². The summed E-state index contributed by atoms with van der Waals surface area (Å²) in [5.41, 5.74) is 2.01. The molecule has 1 aliphatic rings. The minimum absolute atomic E-state index is 0.506. The van der Waals surface area contributed by atoms with E-state index in [4.69, 9.17) is 4.74 Å². The van der Waals surface area contributed by atoms with Crippen LogP contribution in [0.25, 0.3) is 0 Å². The number of hydrogen-bond acceptors (Lipinski definition) is 3. The Labute approximate surface area is 109 Å². The van der Waals surface area contributed by atoms with E-state index in [1.54, 1.807) is 7.11 Å². The maximum absolute atomic E-state index is 10.2. The summed E-state index contributed by atoms with van der Waals surface area (Å²) < 4.78 is 5.29. The number of aliphatic hydroxyl groups is 1. The fourth-order valence-electron chi connectivity index (χ4n) is 2.31. The Morgan fingerprint density at radius 2 is 2.22 bits per heavy atom. The molecule has 3 unspecified atom stereocenters. The average Bonchev–Trinajstić information content (AvgIpc) is 3.05. The van der Waals surface area contributed by atoms with Crippen molar-refractivity contribution in [3.63, 3.8) is 0 Å². The first-order chi connectivity index (χ1) is 8.61. The van der Waals surface area contributed by atoms with Crippen LogP contribution in [0, 0.1) is 18.8 Å². The Morgan fingerprint density at radius 3 is 2.83 bits per heavy atom. The van der Waals surface area contributed by atoms with E-state index < -0.39 is 6.10 Å². The van der Waals surface area contributed by atoms with Gasteiger partial charge in [0.2, 0.25) is 0 Å². The highest BCUT2D eigenvalue weighted by atomic mass is 16.5. The van der Waals surface area contributed by atoms with Gasteiger partial charge >= 0.3 is 0 Å². The predicted molar refractivity (Wildman–Crippen MR) is 72.8 cm³/mol. The smallest absolute Gasteiger partial charge is 0.124 e. The summed E-state index contributed by atoms with van der Waals surface area (Å²) in [6.07, 6.45) is 0.811. The van der Waals surface area contributed by atoms with Gasteiger partial charge in [-0.1, -0.05) is 18.6 Å². The zero-order valence-corrected chi connectivity index (χ0v) is 11.4. The van der Waals surface area contributed by atoms with Gasteiger partial charge in [0, 0.05) is 12.1 Å². The SMILES string of the molecule is COc1ccc(C)cc1C(O)CNCC1CC1C. The second-order valence-electron chi connectivity index (χ2n) is 5.39. The average molecular weight is 249 g/mol. The predicted octanol–water partition coefficient (Wildman–Crippen LogP) is 2.28. The van der Waals surface area contributed by atoms with Gasteiger partial charge in [0.15, 0.2) is 0 Å². The van der Waals surface area contributed by atoms with Crippen molar-refractivity contribution in [2.45, 2.75) is 26.4 Å². The van der Waals surface area contributed by atoms with Gasteiger partial charge < -0.3 is 15.2 Å². The van der Waals surface area contributed by atoms with Crippen molar-refractivity contribution in [2.24, 2.45) is 11.8 Å². The zero-order chi connectivity index (χ0) is 13.1. The van der Waals surface area contributed by atoms with E-state index >= 15 is 0 Å². The lowest BCUT2D eigenvalue weighted by atomic mass is 10.1. The van der Waals surface area contributed by atoms with Crippen molar-refractivity contribution in [1.29, 1.82) is 0 Å². The van der Waals surface area contributed by atoms with E-state index in [0.29, 0.717) is 6.54 Å². The minimum atomic E-state index is -0.506. The van der Waals surface area contributed by atoms with Crippen LogP contribution in [0.15, 0.2) is 18.2 Å². The third kappa shape index (κ3) is 3.24. The quantitative estimate of drug-likeness (QED) is 0.812. The van der Waals surface area contributed by atoms with Crippen LogP contribution in [0.3, 0.4) is 0 Å². The number of aryl methyl sites for hydroxylation is 1. The molecule has 2 rings (SSSR count). The molecular formula is C15H23NO2. The molecule has 1 aromatic rings. The van der Waals surface area contributed by atoms with Crippen molar-refractivity contribution in [3.8, 4) is 5.75 Å².